The van der Waals surface area contributed by atoms with E-state index < -0.39 is 5.91 Å². The van der Waals surface area contributed by atoms with Crippen LogP contribution in [0.2, 0.25) is 0 Å². The Morgan fingerprint density at radius 3 is 2.31 bits per heavy atom. The number of benzene rings is 2. The van der Waals surface area contributed by atoms with Crippen molar-refractivity contribution in [3.63, 3.8) is 0 Å². The summed E-state index contributed by atoms with van der Waals surface area (Å²) in [5, 5.41) is 6.59. The molecule has 0 saturated heterocycles. The molecule has 164 valence electrons. The first kappa shape index (κ1) is 22.6. The molecule has 0 aliphatic carbocycles. The molecule has 3 rings (SSSR count). The molecule has 2 N–H and O–H groups in total. The van der Waals surface area contributed by atoms with Crippen LogP contribution in [0.5, 0.6) is 0 Å². The van der Waals surface area contributed by atoms with Crippen LogP contribution in [-0.4, -0.2) is 31.1 Å². The van der Waals surface area contributed by atoms with Gasteiger partial charge in [-0.3, -0.25) is 9.59 Å². The molecule has 0 spiro atoms. The highest BCUT2D eigenvalue weighted by Gasteiger charge is 2.14. The van der Waals surface area contributed by atoms with E-state index in [0.29, 0.717) is 11.3 Å². The third-order valence-corrected chi connectivity index (χ3v) is 4.76. The van der Waals surface area contributed by atoms with Gasteiger partial charge in [-0.25, -0.2) is 5.43 Å². The van der Waals surface area contributed by atoms with Crippen LogP contribution in [-0.2, 0) is 4.79 Å². The van der Waals surface area contributed by atoms with E-state index >= 15 is 0 Å². The summed E-state index contributed by atoms with van der Waals surface area (Å²) in [6.07, 6.45) is 4.51. The monoisotopic (exact) mass is 430 g/mol. The molecule has 0 unspecified atom stereocenters. The van der Waals surface area contributed by atoms with Crippen molar-refractivity contribution in [3.8, 4) is 0 Å². The lowest BCUT2D eigenvalue weighted by molar-refractivity contribution is -0.117. The quantitative estimate of drug-likeness (QED) is 0.305. The van der Waals surface area contributed by atoms with Crippen molar-refractivity contribution in [2.45, 2.75) is 13.8 Å². The predicted octanol–water partition coefficient (Wildman–Crippen LogP) is 4.05. The van der Waals surface area contributed by atoms with Gasteiger partial charge in [0, 0.05) is 24.3 Å². The zero-order chi connectivity index (χ0) is 22.8. The molecule has 7 nitrogen and oxygen atoms in total. The van der Waals surface area contributed by atoms with Gasteiger partial charge in [0.25, 0.3) is 11.8 Å². The Morgan fingerprint density at radius 1 is 0.969 bits per heavy atom. The minimum atomic E-state index is -0.551. The Balaban J connectivity index is 1.81. The van der Waals surface area contributed by atoms with E-state index in [2.05, 4.69) is 34.6 Å². The molecule has 3 aromatic rings. The predicted molar refractivity (Wildman–Crippen MR) is 126 cm³/mol. The molecule has 0 atom stereocenters. The number of nitrogens with zero attached hydrogens (tertiary/aromatic N) is 2. The van der Waals surface area contributed by atoms with Crippen LogP contribution < -0.4 is 15.6 Å². The number of hydrogen-bond donors (Lipinski definition) is 2. The second-order valence-electron chi connectivity index (χ2n) is 6.86. The van der Waals surface area contributed by atoms with Gasteiger partial charge in [-0.15, -0.1) is 0 Å². The van der Waals surface area contributed by atoms with Crippen LogP contribution in [0.1, 0.15) is 35.5 Å². The van der Waals surface area contributed by atoms with Crippen LogP contribution >= 0.6 is 0 Å². The number of nitrogens with one attached hydrogen (secondary N) is 2. The van der Waals surface area contributed by atoms with Gasteiger partial charge >= 0.3 is 0 Å². The highest BCUT2D eigenvalue weighted by molar-refractivity contribution is 6.05. The average Bonchev–Trinajstić information content (AvgIpc) is 3.34. The molecule has 0 fully saturated rings. The Kier molecular flexibility index (Phi) is 7.97. The van der Waals surface area contributed by atoms with Gasteiger partial charge in [-0.2, -0.15) is 5.10 Å². The topological polar surface area (TPSA) is 86.9 Å². The van der Waals surface area contributed by atoms with Gasteiger partial charge in [-0.05, 0) is 61.9 Å². The Morgan fingerprint density at radius 2 is 1.69 bits per heavy atom. The number of amides is 2. The highest BCUT2D eigenvalue weighted by Crippen LogP contribution is 2.16. The maximum Gasteiger partial charge on any atom is 0.287 e. The minimum absolute atomic E-state index is 0.0750. The van der Waals surface area contributed by atoms with Crippen molar-refractivity contribution in [2.75, 3.05) is 18.0 Å². The van der Waals surface area contributed by atoms with Crippen LogP contribution in [0.4, 0.5) is 5.69 Å². The van der Waals surface area contributed by atoms with Gasteiger partial charge < -0.3 is 14.6 Å². The van der Waals surface area contributed by atoms with E-state index in [1.165, 1.54) is 12.5 Å². The van der Waals surface area contributed by atoms with Gasteiger partial charge in [-0.1, -0.05) is 30.3 Å². The number of hydrazone groups is 1. The zero-order valence-electron chi connectivity index (χ0n) is 18.1. The van der Waals surface area contributed by atoms with Crippen molar-refractivity contribution in [3.05, 3.63) is 95.6 Å². The maximum atomic E-state index is 12.8. The third kappa shape index (κ3) is 6.18. The molecular formula is C25H26N4O3. The molecule has 0 aliphatic rings. The fraction of sp³-hybridized carbons (Fsp3) is 0.160. The largest absolute Gasteiger partial charge is 0.463 e. The van der Waals surface area contributed by atoms with E-state index in [1.807, 2.05) is 30.3 Å². The van der Waals surface area contributed by atoms with E-state index in [0.717, 1.165) is 24.3 Å². The summed E-state index contributed by atoms with van der Waals surface area (Å²) in [5.74, 6) is -0.442. The van der Waals surface area contributed by atoms with Crippen LogP contribution in [0, 0.1) is 0 Å². The average molecular weight is 431 g/mol. The Labute approximate surface area is 187 Å². The van der Waals surface area contributed by atoms with E-state index in [9.17, 15) is 9.59 Å². The molecule has 1 aromatic heterocycles. The van der Waals surface area contributed by atoms with Crippen LogP contribution in [0.3, 0.4) is 0 Å². The van der Waals surface area contributed by atoms with E-state index in [4.69, 9.17) is 4.42 Å². The van der Waals surface area contributed by atoms with Gasteiger partial charge in [0.2, 0.25) is 0 Å². The molecular weight excluding hydrogens is 404 g/mol. The summed E-state index contributed by atoms with van der Waals surface area (Å²) in [6.45, 7) is 6.00. The number of furan rings is 1. The molecule has 0 radical (unpaired) electrons. The Bertz CT molecular complexity index is 1070. The van der Waals surface area contributed by atoms with Gasteiger partial charge in [0.1, 0.15) is 11.5 Å². The number of anilines is 1. The summed E-state index contributed by atoms with van der Waals surface area (Å²) >= 11 is 0. The van der Waals surface area contributed by atoms with E-state index in [-0.39, 0.29) is 11.6 Å². The summed E-state index contributed by atoms with van der Waals surface area (Å²) in [7, 11) is 0. The summed E-state index contributed by atoms with van der Waals surface area (Å²) < 4.78 is 5.15. The molecule has 2 aromatic carbocycles. The number of carbonyl (C=O) groups is 2. The molecule has 0 bridgehead atoms. The number of carbonyl (C=O) groups excluding carboxylic acids is 2. The van der Waals surface area contributed by atoms with Crippen molar-refractivity contribution in [1.29, 1.82) is 0 Å². The smallest absolute Gasteiger partial charge is 0.287 e. The van der Waals surface area contributed by atoms with Gasteiger partial charge in [0.15, 0.2) is 0 Å². The number of hydrogen-bond acceptors (Lipinski definition) is 5. The van der Waals surface area contributed by atoms with Crippen molar-refractivity contribution < 1.29 is 14.0 Å². The van der Waals surface area contributed by atoms with Crippen LogP contribution in [0.15, 0.2) is 88.2 Å². The normalized spacial score (nSPS) is 11.4. The number of rotatable bonds is 9. The summed E-state index contributed by atoms with van der Waals surface area (Å²) in [6, 6.07) is 19.9. The lowest BCUT2D eigenvalue weighted by Crippen LogP contribution is -2.32. The molecule has 32 heavy (non-hydrogen) atoms. The molecule has 0 aliphatic heterocycles. The maximum absolute atomic E-state index is 12.8. The van der Waals surface area contributed by atoms with Crippen molar-refractivity contribution in [1.82, 2.24) is 10.7 Å². The Hall–Kier alpha value is -4.13. The van der Waals surface area contributed by atoms with Crippen molar-refractivity contribution in [2.24, 2.45) is 5.10 Å². The highest BCUT2D eigenvalue weighted by atomic mass is 16.3. The van der Waals surface area contributed by atoms with Gasteiger partial charge in [0.05, 0.1) is 12.5 Å². The summed E-state index contributed by atoms with van der Waals surface area (Å²) in [4.78, 5) is 27.6. The molecule has 7 heteroatoms. The first-order chi connectivity index (χ1) is 15.6. The first-order valence-corrected chi connectivity index (χ1v) is 10.4. The summed E-state index contributed by atoms with van der Waals surface area (Å²) in [5.41, 5.74) is 4.81. The lowest BCUT2D eigenvalue weighted by Gasteiger charge is -2.20. The lowest BCUT2D eigenvalue weighted by atomic mass is 10.1. The van der Waals surface area contributed by atoms with Crippen molar-refractivity contribution >= 4 is 29.8 Å². The molecule has 2 amide bonds. The molecule has 1 heterocycles. The molecule has 0 saturated carbocycles. The van der Waals surface area contributed by atoms with Crippen LogP contribution in [0.25, 0.3) is 6.08 Å². The zero-order valence-corrected chi connectivity index (χ0v) is 18.1. The second kappa shape index (κ2) is 11.3. The fourth-order valence-corrected chi connectivity index (χ4v) is 3.06. The fourth-order valence-electron chi connectivity index (χ4n) is 3.06. The van der Waals surface area contributed by atoms with E-state index in [1.54, 1.807) is 42.5 Å². The first-order valence-electron chi connectivity index (χ1n) is 10.4. The SMILES string of the molecule is CCN(CC)c1ccc(/C=C(\NC(=O)c2ccccc2)C(=O)N/N=C\c2ccco2)cc1. The second-order valence-corrected chi connectivity index (χ2v) is 6.86. The standard InChI is InChI=1S/C25H26N4O3/c1-3-29(4-2)21-14-12-19(13-15-21)17-23(27-24(30)20-9-6-5-7-10-20)25(31)28-26-18-22-11-8-16-32-22/h5-18H,3-4H2,1-2H3,(H,27,30)(H,28,31)/b23-17-,26-18-. The third-order valence-electron chi connectivity index (χ3n) is 4.76. The minimum Gasteiger partial charge on any atom is -0.463 e.